The van der Waals surface area contributed by atoms with E-state index in [0.717, 1.165) is 5.69 Å². The molecule has 0 N–H and O–H groups in total. The lowest BCUT2D eigenvalue weighted by Gasteiger charge is -2.21. The van der Waals surface area contributed by atoms with E-state index in [1.54, 1.807) is 31.2 Å². The smallest absolute Gasteiger partial charge is 0.293 e. The Kier molecular flexibility index (Phi) is 4.24. The summed E-state index contributed by atoms with van der Waals surface area (Å²) < 4.78 is 5.96. The summed E-state index contributed by atoms with van der Waals surface area (Å²) in [6.45, 7) is 0. The molecule has 0 fully saturated rings. The topological polar surface area (TPSA) is 55.6 Å². The molecule has 0 saturated heterocycles. The fourth-order valence-corrected chi connectivity index (χ4v) is 2.31. The van der Waals surface area contributed by atoms with Crippen LogP contribution in [-0.4, -0.2) is 19.1 Å². The summed E-state index contributed by atoms with van der Waals surface area (Å²) in [7, 11) is 3.34. The van der Waals surface area contributed by atoms with Gasteiger partial charge in [0, 0.05) is 17.6 Å². The van der Waals surface area contributed by atoms with Crippen LogP contribution in [0.15, 0.2) is 46.9 Å². The fraction of sp³-hybridized carbons (Fsp3) is 0.143. The number of rotatable bonds is 4. The van der Waals surface area contributed by atoms with Gasteiger partial charge in [0.25, 0.3) is 5.69 Å². The average Bonchev–Trinajstić information content (AvgIpc) is 2.46. The average molecular weight is 337 g/mol. The first-order chi connectivity index (χ1) is 9.54. The van der Waals surface area contributed by atoms with Crippen LogP contribution in [0.1, 0.15) is 0 Å². The maximum absolute atomic E-state index is 11.2. The predicted octanol–water partition coefficient (Wildman–Crippen LogP) is 4.13. The zero-order chi connectivity index (χ0) is 14.7. The van der Waals surface area contributed by atoms with Crippen LogP contribution < -0.4 is 9.64 Å². The first kappa shape index (κ1) is 14.3. The fourth-order valence-electron chi connectivity index (χ4n) is 1.96. The lowest BCUT2D eigenvalue weighted by atomic mass is 10.2. The summed E-state index contributed by atoms with van der Waals surface area (Å²) in [5.41, 5.74) is 1.30. The summed E-state index contributed by atoms with van der Waals surface area (Å²) in [6, 6.07) is 12.3. The van der Waals surface area contributed by atoms with E-state index in [2.05, 4.69) is 15.9 Å². The highest BCUT2D eigenvalue weighted by molar-refractivity contribution is 9.10. The second-order valence-corrected chi connectivity index (χ2v) is 5.04. The van der Waals surface area contributed by atoms with E-state index in [1.807, 2.05) is 24.3 Å². The molecular weight excluding hydrogens is 324 g/mol. The van der Waals surface area contributed by atoms with Gasteiger partial charge in [0.05, 0.1) is 17.7 Å². The lowest BCUT2D eigenvalue weighted by molar-refractivity contribution is -0.384. The van der Waals surface area contributed by atoms with Gasteiger partial charge >= 0.3 is 0 Å². The molecule has 2 aromatic rings. The molecule has 6 heteroatoms. The van der Waals surface area contributed by atoms with Crippen molar-refractivity contribution in [3.8, 4) is 5.75 Å². The maximum Gasteiger partial charge on any atom is 0.293 e. The highest BCUT2D eigenvalue weighted by atomic mass is 79.9. The van der Waals surface area contributed by atoms with Crippen LogP contribution in [0.4, 0.5) is 17.1 Å². The second kappa shape index (κ2) is 5.92. The Balaban J connectivity index is 2.53. The van der Waals surface area contributed by atoms with Crippen molar-refractivity contribution in [3.63, 3.8) is 0 Å². The molecule has 0 aliphatic rings. The molecule has 0 amide bonds. The molecule has 0 spiro atoms. The van der Waals surface area contributed by atoms with Crippen LogP contribution >= 0.6 is 15.9 Å². The number of nitrogens with zero attached hydrogens (tertiary/aromatic N) is 2. The van der Waals surface area contributed by atoms with Gasteiger partial charge in [-0.2, -0.15) is 0 Å². The molecule has 104 valence electrons. The number of hydrogen-bond donors (Lipinski definition) is 0. The number of hydrogen-bond acceptors (Lipinski definition) is 4. The van der Waals surface area contributed by atoms with Gasteiger partial charge < -0.3 is 9.64 Å². The van der Waals surface area contributed by atoms with Crippen LogP contribution in [0.5, 0.6) is 5.75 Å². The molecular formula is C14H13BrN2O3. The molecule has 0 heterocycles. The van der Waals surface area contributed by atoms with E-state index in [1.165, 1.54) is 6.07 Å². The SMILES string of the molecule is COc1ccccc1N(C)c1ccc(Br)cc1[N+](=O)[O-]. The second-order valence-electron chi connectivity index (χ2n) is 4.12. The molecule has 0 aromatic heterocycles. The van der Waals surface area contributed by atoms with Crippen molar-refractivity contribution in [1.82, 2.24) is 0 Å². The summed E-state index contributed by atoms with van der Waals surface area (Å²) in [5.74, 6) is 0.659. The molecule has 0 unspecified atom stereocenters. The molecule has 20 heavy (non-hydrogen) atoms. The molecule has 5 nitrogen and oxygen atoms in total. The molecule has 0 atom stereocenters. The first-order valence-corrected chi connectivity index (χ1v) is 6.64. The quantitative estimate of drug-likeness (QED) is 0.622. The largest absolute Gasteiger partial charge is 0.495 e. The van der Waals surface area contributed by atoms with Crippen LogP contribution in [0.3, 0.4) is 0 Å². The van der Waals surface area contributed by atoms with Gasteiger partial charge in [-0.3, -0.25) is 10.1 Å². The zero-order valence-corrected chi connectivity index (χ0v) is 12.6. The van der Waals surface area contributed by atoms with Crippen molar-refractivity contribution >= 4 is 33.0 Å². The van der Waals surface area contributed by atoms with Crippen molar-refractivity contribution in [2.24, 2.45) is 0 Å². The number of nitro groups is 1. The number of halogens is 1. The van der Waals surface area contributed by atoms with Crippen LogP contribution in [0.2, 0.25) is 0 Å². The van der Waals surface area contributed by atoms with Gasteiger partial charge in [0.2, 0.25) is 0 Å². The van der Waals surface area contributed by atoms with Gasteiger partial charge in [-0.05, 0) is 24.3 Å². The predicted molar refractivity (Wildman–Crippen MR) is 81.9 cm³/mol. The molecule has 0 aliphatic carbocycles. The summed E-state index contributed by atoms with van der Waals surface area (Å²) in [5, 5.41) is 11.2. The summed E-state index contributed by atoms with van der Waals surface area (Å²) in [6.07, 6.45) is 0. The number of benzene rings is 2. The lowest BCUT2D eigenvalue weighted by Crippen LogP contribution is -2.12. The Morgan fingerprint density at radius 3 is 2.55 bits per heavy atom. The van der Waals surface area contributed by atoms with Gasteiger partial charge in [-0.15, -0.1) is 0 Å². The molecule has 0 radical (unpaired) electrons. The minimum atomic E-state index is -0.397. The Bertz CT molecular complexity index is 646. The van der Waals surface area contributed by atoms with Gasteiger partial charge in [0.1, 0.15) is 11.4 Å². The Morgan fingerprint density at radius 1 is 1.20 bits per heavy atom. The van der Waals surface area contributed by atoms with E-state index in [4.69, 9.17) is 4.74 Å². The third kappa shape index (κ3) is 2.75. The minimum Gasteiger partial charge on any atom is -0.495 e. The number of ether oxygens (including phenoxy) is 1. The van der Waals surface area contributed by atoms with E-state index in [-0.39, 0.29) is 5.69 Å². The first-order valence-electron chi connectivity index (χ1n) is 5.85. The molecule has 0 bridgehead atoms. The van der Waals surface area contributed by atoms with E-state index in [9.17, 15) is 10.1 Å². The monoisotopic (exact) mass is 336 g/mol. The molecule has 2 rings (SSSR count). The number of anilines is 2. The zero-order valence-electron chi connectivity index (χ0n) is 11.0. The summed E-state index contributed by atoms with van der Waals surface area (Å²) >= 11 is 3.25. The Morgan fingerprint density at radius 2 is 1.90 bits per heavy atom. The number of methoxy groups -OCH3 is 1. The van der Waals surface area contributed by atoms with Crippen molar-refractivity contribution < 1.29 is 9.66 Å². The van der Waals surface area contributed by atoms with Gasteiger partial charge in [-0.1, -0.05) is 28.1 Å². The van der Waals surface area contributed by atoms with E-state index >= 15 is 0 Å². The van der Waals surface area contributed by atoms with Crippen LogP contribution in [-0.2, 0) is 0 Å². The Hall–Kier alpha value is -2.08. The highest BCUT2D eigenvalue weighted by Gasteiger charge is 2.20. The summed E-state index contributed by atoms with van der Waals surface area (Å²) in [4.78, 5) is 12.5. The van der Waals surface area contributed by atoms with Crippen molar-refractivity contribution in [1.29, 1.82) is 0 Å². The Labute approximate surface area is 125 Å². The van der Waals surface area contributed by atoms with E-state index < -0.39 is 4.92 Å². The number of para-hydroxylation sites is 2. The number of nitro benzene ring substituents is 1. The maximum atomic E-state index is 11.2. The van der Waals surface area contributed by atoms with Crippen molar-refractivity contribution in [3.05, 3.63) is 57.1 Å². The molecule has 2 aromatic carbocycles. The van der Waals surface area contributed by atoms with Gasteiger partial charge in [0.15, 0.2) is 0 Å². The third-order valence-electron chi connectivity index (χ3n) is 2.94. The van der Waals surface area contributed by atoms with Crippen LogP contribution in [0.25, 0.3) is 0 Å². The van der Waals surface area contributed by atoms with Crippen molar-refractivity contribution in [2.75, 3.05) is 19.1 Å². The minimum absolute atomic E-state index is 0.0350. The third-order valence-corrected chi connectivity index (χ3v) is 3.44. The van der Waals surface area contributed by atoms with Crippen LogP contribution in [0, 0.1) is 10.1 Å². The van der Waals surface area contributed by atoms with Gasteiger partial charge in [-0.25, -0.2) is 0 Å². The van der Waals surface area contributed by atoms with Crippen molar-refractivity contribution in [2.45, 2.75) is 0 Å². The van der Waals surface area contributed by atoms with E-state index in [0.29, 0.717) is 15.9 Å². The highest BCUT2D eigenvalue weighted by Crippen LogP contribution is 2.38. The molecule has 0 aliphatic heterocycles. The normalized spacial score (nSPS) is 10.2. The standard InChI is InChI=1S/C14H13BrN2O3/c1-16(12-5-3-4-6-14(12)20-2)11-8-7-10(15)9-13(11)17(18)19/h3-9H,1-2H3. The molecule has 0 saturated carbocycles.